The Morgan fingerprint density at radius 2 is 2.31 bits per heavy atom. The maximum absolute atomic E-state index is 11.4. The molecule has 0 spiro atoms. The zero-order valence-corrected chi connectivity index (χ0v) is 9.26. The number of carboxylic acid groups (broad SMARTS) is 1. The normalized spacial score (nSPS) is 25.4. The van der Waals surface area contributed by atoms with Crippen LogP contribution in [0.5, 0.6) is 0 Å². The van der Waals surface area contributed by atoms with Gasteiger partial charge in [-0.2, -0.15) is 0 Å². The predicted octanol–water partition coefficient (Wildman–Crippen LogP) is 1.31. The van der Waals surface area contributed by atoms with Crippen LogP contribution in [0.4, 0.5) is 5.82 Å². The Labute approximate surface area is 94.1 Å². The first kappa shape index (κ1) is 10.9. The van der Waals surface area contributed by atoms with Gasteiger partial charge >= 0.3 is 5.97 Å². The number of rotatable bonds is 2. The first-order chi connectivity index (χ1) is 7.64. The van der Waals surface area contributed by atoms with Gasteiger partial charge in [-0.15, -0.1) is 0 Å². The van der Waals surface area contributed by atoms with Crippen LogP contribution < -0.4 is 4.90 Å². The Morgan fingerprint density at radius 1 is 1.50 bits per heavy atom. The maximum Gasteiger partial charge on any atom is 0.329 e. The van der Waals surface area contributed by atoms with Crippen molar-refractivity contribution in [2.45, 2.75) is 31.7 Å². The van der Waals surface area contributed by atoms with Crippen LogP contribution in [0.1, 0.15) is 26.2 Å². The molecule has 2 heterocycles. The maximum atomic E-state index is 11.4. The van der Waals surface area contributed by atoms with Gasteiger partial charge in [-0.05, 0) is 26.2 Å². The molecular formula is C11H15N3O2. The molecule has 16 heavy (non-hydrogen) atoms. The van der Waals surface area contributed by atoms with E-state index in [1.165, 1.54) is 0 Å². The highest BCUT2D eigenvalue weighted by Gasteiger charge is 2.42. The van der Waals surface area contributed by atoms with Crippen molar-refractivity contribution in [3.63, 3.8) is 0 Å². The largest absolute Gasteiger partial charge is 0.480 e. The van der Waals surface area contributed by atoms with E-state index in [9.17, 15) is 9.90 Å². The number of hydrogen-bond donors (Lipinski definition) is 1. The van der Waals surface area contributed by atoms with E-state index in [1.54, 1.807) is 25.5 Å². The van der Waals surface area contributed by atoms with Gasteiger partial charge in [0.1, 0.15) is 11.4 Å². The van der Waals surface area contributed by atoms with Gasteiger partial charge < -0.3 is 10.0 Å². The van der Waals surface area contributed by atoms with Gasteiger partial charge in [0.05, 0.1) is 6.20 Å². The van der Waals surface area contributed by atoms with Gasteiger partial charge in [-0.1, -0.05) is 0 Å². The van der Waals surface area contributed by atoms with E-state index < -0.39 is 11.5 Å². The number of carbonyl (C=O) groups is 1. The van der Waals surface area contributed by atoms with Gasteiger partial charge in [0, 0.05) is 18.9 Å². The molecule has 1 aromatic rings. The van der Waals surface area contributed by atoms with Crippen LogP contribution in [-0.4, -0.2) is 33.1 Å². The van der Waals surface area contributed by atoms with Crippen molar-refractivity contribution in [1.82, 2.24) is 9.97 Å². The molecule has 0 saturated carbocycles. The van der Waals surface area contributed by atoms with Crippen LogP contribution in [-0.2, 0) is 4.79 Å². The quantitative estimate of drug-likeness (QED) is 0.815. The summed E-state index contributed by atoms with van der Waals surface area (Å²) in [6.45, 7) is 2.48. The van der Waals surface area contributed by atoms with Crippen molar-refractivity contribution in [2.75, 3.05) is 11.4 Å². The number of anilines is 1. The van der Waals surface area contributed by atoms with Crippen molar-refractivity contribution in [3.05, 3.63) is 18.6 Å². The summed E-state index contributed by atoms with van der Waals surface area (Å²) in [7, 11) is 0. The van der Waals surface area contributed by atoms with Crippen molar-refractivity contribution >= 4 is 11.8 Å². The molecule has 0 bridgehead atoms. The average molecular weight is 221 g/mol. The molecule has 1 atom stereocenters. The molecule has 1 aliphatic heterocycles. The predicted molar refractivity (Wildman–Crippen MR) is 59.3 cm³/mol. The Bertz CT molecular complexity index is 382. The molecule has 0 radical (unpaired) electrons. The fraction of sp³-hybridized carbons (Fsp3) is 0.545. The van der Waals surface area contributed by atoms with Crippen LogP contribution in [0, 0.1) is 0 Å². The Morgan fingerprint density at radius 3 is 2.94 bits per heavy atom. The Hall–Kier alpha value is -1.65. The molecule has 0 aliphatic carbocycles. The molecule has 5 heteroatoms. The van der Waals surface area contributed by atoms with Crippen molar-refractivity contribution in [1.29, 1.82) is 0 Å². The van der Waals surface area contributed by atoms with Crippen LogP contribution >= 0.6 is 0 Å². The lowest BCUT2D eigenvalue weighted by molar-refractivity contribution is -0.143. The monoisotopic (exact) mass is 221 g/mol. The average Bonchev–Trinajstić information content (AvgIpc) is 2.30. The first-order valence-corrected chi connectivity index (χ1v) is 5.41. The number of aromatic nitrogens is 2. The van der Waals surface area contributed by atoms with Gasteiger partial charge in [0.15, 0.2) is 0 Å². The van der Waals surface area contributed by atoms with Crippen molar-refractivity contribution in [3.8, 4) is 0 Å². The van der Waals surface area contributed by atoms with E-state index in [1.807, 2.05) is 4.90 Å². The van der Waals surface area contributed by atoms with Gasteiger partial charge in [-0.25, -0.2) is 9.78 Å². The summed E-state index contributed by atoms with van der Waals surface area (Å²) in [5.74, 6) is -0.148. The van der Waals surface area contributed by atoms with Gasteiger partial charge in [0.25, 0.3) is 0 Å². The number of aliphatic carboxylic acids is 1. The van der Waals surface area contributed by atoms with Crippen LogP contribution in [0.25, 0.3) is 0 Å². The number of piperidine rings is 1. The summed E-state index contributed by atoms with van der Waals surface area (Å²) in [6.07, 6.45) is 7.39. The third-order valence-corrected chi connectivity index (χ3v) is 3.18. The SMILES string of the molecule is CC1(C(=O)O)CCCCN1c1cnccn1. The third-order valence-electron chi connectivity index (χ3n) is 3.18. The highest BCUT2D eigenvalue weighted by Crippen LogP contribution is 2.31. The molecule has 1 N–H and O–H groups in total. The lowest BCUT2D eigenvalue weighted by Gasteiger charge is -2.42. The van der Waals surface area contributed by atoms with Crippen molar-refractivity contribution in [2.24, 2.45) is 0 Å². The molecule has 1 aromatic heterocycles. The molecule has 1 saturated heterocycles. The molecule has 1 fully saturated rings. The smallest absolute Gasteiger partial charge is 0.329 e. The summed E-state index contributed by atoms with van der Waals surface area (Å²) < 4.78 is 0. The van der Waals surface area contributed by atoms with Crippen LogP contribution in [0.2, 0.25) is 0 Å². The third kappa shape index (κ3) is 1.73. The summed E-state index contributed by atoms with van der Waals surface area (Å²) in [5, 5.41) is 9.34. The highest BCUT2D eigenvalue weighted by molar-refractivity contribution is 5.82. The second kappa shape index (κ2) is 4.08. The van der Waals surface area contributed by atoms with Crippen molar-refractivity contribution < 1.29 is 9.90 Å². The molecule has 0 amide bonds. The van der Waals surface area contributed by atoms with E-state index in [0.29, 0.717) is 12.2 Å². The zero-order chi connectivity index (χ0) is 11.6. The lowest BCUT2D eigenvalue weighted by Crippen LogP contribution is -2.55. The van der Waals surface area contributed by atoms with Crippen LogP contribution in [0.3, 0.4) is 0 Å². The lowest BCUT2D eigenvalue weighted by atomic mass is 9.88. The minimum absolute atomic E-state index is 0.645. The molecule has 0 aromatic carbocycles. The molecular weight excluding hydrogens is 206 g/mol. The standard InChI is InChI=1S/C11H15N3O2/c1-11(10(15)16)4-2-3-7-14(11)9-8-12-5-6-13-9/h5-6,8H,2-4,7H2,1H3,(H,15,16). The fourth-order valence-electron chi connectivity index (χ4n) is 2.14. The first-order valence-electron chi connectivity index (χ1n) is 5.41. The minimum Gasteiger partial charge on any atom is -0.480 e. The summed E-state index contributed by atoms with van der Waals surface area (Å²) in [4.78, 5) is 21.4. The van der Waals surface area contributed by atoms with E-state index in [0.717, 1.165) is 19.4 Å². The van der Waals surface area contributed by atoms with Crippen LogP contribution in [0.15, 0.2) is 18.6 Å². The second-order valence-electron chi connectivity index (χ2n) is 4.25. The molecule has 86 valence electrons. The highest BCUT2D eigenvalue weighted by atomic mass is 16.4. The van der Waals surface area contributed by atoms with Gasteiger partial charge in [0.2, 0.25) is 0 Å². The summed E-state index contributed by atoms with van der Waals surface area (Å²) in [5.41, 5.74) is -0.853. The Kier molecular flexibility index (Phi) is 2.77. The molecule has 5 nitrogen and oxygen atoms in total. The van der Waals surface area contributed by atoms with E-state index >= 15 is 0 Å². The fourth-order valence-corrected chi connectivity index (χ4v) is 2.14. The molecule has 1 unspecified atom stereocenters. The number of nitrogens with zero attached hydrogens (tertiary/aromatic N) is 3. The van der Waals surface area contributed by atoms with Gasteiger partial charge in [-0.3, -0.25) is 4.98 Å². The second-order valence-corrected chi connectivity index (χ2v) is 4.25. The topological polar surface area (TPSA) is 66.3 Å². The number of carboxylic acids is 1. The number of hydrogen-bond acceptors (Lipinski definition) is 4. The molecule has 1 aliphatic rings. The summed E-state index contributed by atoms with van der Waals surface area (Å²) in [6, 6.07) is 0. The van der Waals surface area contributed by atoms with E-state index in [4.69, 9.17) is 0 Å². The summed E-state index contributed by atoms with van der Waals surface area (Å²) >= 11 is 0. The zero-order valence-electron chi connectivity index (χ0n) is 9.26. The van der Waals surface area contributed by atoms with E-state index in [-0.39, 0.29) is 0 Å². The minimum atomic E-state index is -0.853. The molecule has 2 rings (SSSR count). The van der Waals surface area contributed by atoms with E-state index in [2.05, 4.69) is 9.97 Å². The Balaban J connectivity index is 2.34.